The number of amides is 1. The van der Waals surface area contributed by atoms with Crippen LogP contribution in [-0.4, -0.2) is 16.3 Å². The quantitative estimate of drug-likeness (QED) is 0.677. The van der Waals surface area contributed by atoms with Crippen molar-refractivity contribution in [2.24, 2.45) is 7.05 Å². The number of aryl methyl sites for hydroxylation is 3. The maximum atomic E-state index is 11.9. The summed E-state index contributed by atoms with van der Waals surface area (Å²) in [5, 5.41) is 2.62. The van der Waals surface area contributed by atoms with Crippen LogP contribution in [0.5, 0.6) is 0 Å². The highest BCUT2D eigenvalue weighted by molar-refractivity contribution is 6.46. The van der Waals surface area contributed by atoms with Crippen molar-refractivity contribution in [3.05, 3.63) is 53.3 Å². The van der Waals surface area contributed by atoms with Gasteiger partial charge in [0.2, 0.25) is 0 Å². The van der Waals surface area contributed by atoms with E-state index in [1.807, 2.05) is 26.0 Å². The standard InChI is InChI=1S/C15H16N2O2/c1-10-6-7-12(9-11(10)2)16-15(19)14(18)13-5-4-8-17(13)3/h4-9H,1-3H3,(H,16,19). The molecule has 19 heavy (non-hydrogen) atoms. The number of benzene rings is 1. The Kier molecular flexibility index (Phi) is 3.51. The number of aromatic nitrogens is 1. The molecule has 98 valence electrons. The van der Waals surface area contributed by atoms with E-state index in [9.17, 15) is 9.59 Å². The average molecular weight is 256 g/mol. The molecule has 0 fully saturated rings. The normalized spacial score (nSPS) is 10.3. The fourth-order valence-corrected chi connectivity index (χ4v) is 1.82. The van der Waals surface area contributed by atoms with Crippen LogP contribution in [0.2, 0.25) is 0 Å². The lowest BCUT2D eigenvalue weighted by atomic mass is 10.1. The summed E-state index contributed by atoms with van der Waals surface area (Å²) >= 11 is 0. The van der Waals surface area contributed by atoms with Crippen molar-refractivity contribution in [1.82, 2.24) is 4.57 Å². The lowest BCUT2D eigenvalue weighted by Gasteiger charge is -2.07. The molecule has 0 bridgehead atoms. The number of nitrogens with zero attached hydrogens (tertiary/aromatic N) is 1. The Morgan fingerprint density at radius 1 is 1.11 bits per heavy atom. The van der Waals surface area contributed by atoms with E-state index < -0.39 is 11.7 Å². The zero-order valence-electron chi connectivity index (χ0n) is 11.2. The molecular formula is C15H16N2O2. The van der Waals surface area contributed by atoms with E-state index in [2.05, 4.69) is 5.32 Å². The smallest absolute Gasteiger partial charge is 0.298 e. The maximum absolute atomic E-state index is 11.9. The summed E-state index contributed by atoms with van der Waals surface area (Å²) in [4.78, 5) is 23.8. The van der Waals surface area contributed by atoms with Crippen LogP contribution >= 0.6 is 0 Å². The van der Waals surface area contributed by atoms with E-state index in [0.29, 0.717) is 11.4 Å². The Labute approximate surface area is 112 Å². The number of Topliss-reactive ketones (excluding diaryl/α,β-unsaturated/α-hetero) is 1. The van der Waals surface area contributed by atoms with Crippen LogP contribution in [0.4, 0.5) is 5.69 Å². The van der Waals surface area contributed by atoms with Crippen molar-refractivity contribution < 1.29 is 9.59 Å². The molecule has 0 radical (unpaired) electrons. The van der Waals surface area contributed by atoms with Gasteiger partial charge in [-0.05, 0) is 49.2 Å². The lowest BCUT2D eigenvalue weighted by molar-refractivity contribution is -0.112. The van der Waals surface area contributed by atoms with Crippen LogP contribution < -0.4 is 5.32 Å². The first-order chi connectivity index (χ1) is 8.99. The van der Waals surface area contributed by atoms with E-state index >= 15 is 0 Å². The van der Waals surface area contributed by atoms with Crippen molar-refractivity contribution >= 4 is 17.4 Å². The number of nitrogens with one attached hydrogen (secondary N) is 1. The molecule has 2 aromatic rings. The number of ketones is 1. The SMILES string of the molecule is Cc1ccc(NC(=O)C(=O)c2cccn2C)cc1C. The van der Waals surface area contributed by atoms with Gasteiger partial charge < -0.3 is 9.88 Å². The first kappa shape index (κ1) is 13.1. The predicted octanol–water partition coefficient (Wildman–Crippen LogP) is 2.46. The second kappa shape index (κ2) is 5.10. The molecule has 2 rings (SSSR count). The van der Waals surface area contributed by atoms with Gasteiger partial charge in [-0.2, -0.15) is 0 Å². The maximum Gasteiger partial charge on any atom is 0.298 e. The molecule has 0 saturated heterocycles. The van der Waals surface area contributed by atoms with Gasteiger partial charge in [-0.1, -0.05) is 6.07 Å². The van der Waals surface area contributed by atoms with Gasteiger partial charge in [0.05, 0.1) is 5.69 Å². The molecular weight excluding hydrogens is 240 g/mol. The first-order valence-corrected chi connectivity index (χ1v) is 6.03. The summed E-state index contributed by atoms with van der Waals surface area (Å²) in [7, 11) is 1.73. The lowest BCUT2D eigenvalue weighted by Crippen LogP contribution is -2.24. The minimum absolute atomic E-state index is 0.376. The second-order valence-electron chi connectivity index (χ2n) is 4.59. The predicted molar refractivity (Wildman–Crippen MR) is 74.3 cm³/mol. The van der Waals surface area contributed by atoms with Crippen LogP contribution in [0.3, 0.4) is 0 Å². The molecule has 1 aromatic heterocycles. The third-order valence-corrected chi connectivity index (χ3v) is 3.15. The molecule has 4 nitrogen and oxygen atoms in total. The summed E-state index contributed by atoms with van der Waals surface area (Å²) in [6.07, 6.45) is 1.73. The second-order valence-corrected chi connectivity index (χ2v) is 4.59. The molecule has 1 aromatic carbocycles. The Morgan fingerprint density at radius 3 is 2.42 bits per heavy atom. The van der Waals surface area contributed by atoms with Crippen LogP contribution in [-0.2, 0) is 11.8 Å². The fourth-order valence-electron chi connectivity index (χ4n) is 1.82. The Bertz CT molecular complexity index is 641. The summed E-state index contributed by atoms with van der Waals surface area (Å²) < 4.78 is 1.63. The van der Waals surface area contributed by atoms with Gasteiger partial charge in [-0.25, -0.2) is 0 Å². The van der Waals surface area contributed by atoms with Gasteiger partial charge in [0.25, 0.3) is 11.7 Å². The number of anilines is 1. The highest BCUT2D eigenvalue weighted by Gasteiger charge is 2.18. The minimum Gasteiger partial charge on any atom is -0.348 e. The monoisotopic (exact) mass is 256 g/mol. The highest BCUT2D eigenvalue weighted by Crippen LogP contribution is 2.14. The summed E-state index contributed by atoms with van der Waals surface area (Å²) in [5.74, 6) is -1.16. The van der Waals surface area contributed by atoms with Gasteiger partial charge in [-0.15, -0.1) is 0 Å². The van der Waals surface area contributed by atoms with Gasteiger partial charge in [0.1, 0.15) is 0 Å². The summed E-state index contributed by atoms with van der Waals surface area (Å²) in [5.41, 5.74) is 3.23. The first-order valence-electron chi connectivity index (χ1n) is 6.03. The molecule has 1 N–H and O–H groups in total. The average Bonchev–Trinajstić information content (AvgIpc) is 2.79. The zero-order chi connectivity index (χ0) is 14.0. The Hall–Kier alpha value is -2.36. The van der Waals surface area contributed by atoms with Gasteiger partial charge in [0, 0.05) is 18.9 Å². The molecule has 4 heteroatoms. The molecule has 0 aliphatic carbocycles. The van der Waals surface area contributed by atoms with E-state index in [4.69, 9.17) is 0 Å². The molecule has 0 unspecified atom stereocenters. The highest BCUT2D eigenvalue weighted by atomic mass is 16.2. The number of carbonyl (C=O) groups is 2. The van der Waals surface area contributed by atoms with E-state index in [-0.39, 0.29) is 0 Å². The fraction of sp³-hybridized carbons (Fsp3) is 0.200. The Balaban J connectivity index is 2.15. The van der Waals surface area contributed by atoms with Crippen molar-refractivity contribution in [2.75, 3.05) is 5.32 Å². The van der Waals surface area contributed by atoms with E-state index in [1.165, 1.54) is 0 Å². The summed E-state index contributed by atoms with van der Waals surface area (Å²) in [6, 6.07) is 8.92. The number of rotatable bonds is 3. The van der Waals surface area contributed by atoms with Crippen molar-refractivity contribution in [3.63, 3.8) is 0 Å². The topological polar surface area (TPSA) is 51.1 Å². The molecule has 1 heterocycles. The molecule has 0 saturated carbocycles. The third-order valence-electron chi connectivity index (χ3n) is 3.15. The molecule has 0 spiro atoms. The number of carbonyl (C=O) groups excluding carboxylic acids is 2. The zero-order valence-corrected chi connectivity index (χ0v) is 11.2. The van der Waals surface area contributed by atoms with Crippen LogP contribution in [0.25, 0.3) is 0 Å². The molecule has 0 aliphatic heterocycles. The molecule has 0 atom stereocenters. The number of hydrogen-bond acceptors (Lipinski definition) is 2. The largest absolute Gasteiger partial charge is 0.348 e. The van der Waals surface area contributed by atoms with E-state index in [1.54, 1.807) is 36.0 Å². The van der Waals surface area contributed by atoms with Crippen molar-refractivity contribution in [2.45, 2.75) is 13.8 Å². The van der Waals surface area contributed by atoms with Crippen LogP contribution in [0, 0.1) is 13.8 Å². The number of hydrogen-bond donors (Lipinski definition) is 1. The molecule has 0 aliphatic rings. The van der Waals surface area contributed by atoms with Crippen molar-refractivity contribution in [3.8, 4) is 0 Å². The van der Waals surface area contributed by atoms with Crippen LogP contribution in [0.15, 0.2) is 36.5 Å². The van der Waals surface area contributed by atoms with Crippen LogP contribution in [0.1, 0.15) is 21.6 Å². The molecule has 1 amide bonds. The van der Waals surface area contributed by atoms with Gasteiger partial charge in [0.15, 0.2) is 0 Å². The summed E-state index contributed by atoms with van der Waals surface area (Å²) in [6.45, 7) is 3.96. The third kappa shape index (κ3) is 2.73. The van der Waals surface area contributed by atoms with E-state index in [0.717, 1.165) is 11.1 Å². The Morgan fingerprint density at radius 2 is 1.84 bits per heavy atom. The minimum atomic E-state index is -0.620. The van der Waals surface area contributed by atoms with Crippen molar-refractivity contribution in [1.29, 1.82) is 0 Å². The van der Waals surface area contributed by atoms with Gasteiger partial charge >= 0.3 is 0 Å². The van der Waals surface area contributed by atoms with Gasteiger partial charge in [-0.3, -0.25) is 9.59 Å².